The van der Waals surface area contributed by atoms with Gasteiger partial charge in [-0.3, -0.25) is 4.79 Å². The molecule has 1 aliphatic rings. The maximum atomic E-state index is 12.1. The summed E-state index contributed by atoms with van der Waals surface area (Å²) in [6.45, 7) is 9.02. The minimum absolute atomic E-state index is 0.266. The summed E-state index contributed by atoms with van der Waals surface area (Å²) in [5.74, 6) is 1.86. The normalized spacial score (nSPS) is 18.0. The van der Waals surface area contributed by atoms with Gasteiger partial charge in [0.05, 0.1) is 0 Å². The molecule has 1 unspecified atom stereocenters. The largest absolute Gasteiger partial charge is 0.300 e. The van der Waals surface area contributed by atoms with E-state index in [0.29, 0.717) is 28.9 Å². The third-order valence-electron chi connectivity index (χ3n) is 10.7. The SMILES string of the molecule is CC(=O)C1C[C@@H](C)C[C@H]1CP(c1ccccc1)c1ccccc1.C[C@H]([C@@H](C)P(c1ccccc1)c1ccccc1)P(c1ccccc1)c1ccccc1. The van der Waals surface area contributed by atoms with Crippen molar-refractivity contribution in [3.05, 3.63) is 182 Å². The third kappa shape index (κ3) is 10.3. The predicted molar refractivity (Wildman–Crippen MR) is 237 cm³/mol. The van der Waals surface area contributed by atoms with Crippen LogP contribution in [0.15, 0.2) is 182 Å². The first-order valence-electron chi connectivity index (χ1n) is 19.1. The van der Waals surface area contributed by atoms with E-state index >= 15 is 0 Å². The summed E-state index contributed by atoms with van der Waals surface area (Å²) in [6, 6.07) is 66.2. The first kappa shape index (κ1) is 39.0. The minimum atomic E-state index is -0.448. The van der Waals surface area contributed by atoms with Gasteiger partial charge in [-0.25, -0.2) is 0 Å². The Labute approximate surface area is 322 Å². The topological polar surface area (TPSA) is 17.1 Å². The Kier molecular flexibility index (Phi) is 14.4. The predicted octanol–water partition coefficient (Wildman–Crippen LogP) is 10.4. The van der Waals surface area contributed by atoms with Gasteiger partial charge in [0.25, 0.3) is 0 Å². The maximum Gasteiger partial charge on any atom is 0.133 e. The molecule has 7 rings (SSSR count). The number of ketones is 1. The molecule has 1 fully saturated rings. The Morgan fingerprint density at radius 3 is 1.06 bits per heavy atom. The fourth-order valence-electron chi connectivity index (χ4n) is 7.94. The molecule has 1 aliphatic carbocycles. The molecular formula is C49H53OP3. The van der Waals surface area contributed by atoms with E-state index in [4.69, 9.17) is 0 Å². The number of benzene rings is 6. The van der Waals surface area contributed by atoms with Gasteiger partial charge in [-0.15, -0.1) is 0 Å². The summed E-state index contributed by atoms with van der Waals surface area (Å²) < 4.78 is 0. The number of carbonyl (C=O) groups excluding carboxylic acids is 1. The Morgan fingerprint density at radius 1 is 0.491 bits per heavy atom. The molecule has 0 aromatic heterocycles. The number of hydrogen-bond donors (Lipinski definition) is 0. The van der Waals surface area contributed by atoms with Gasteiger partial charge in [-0.2, -0.15) is 0 Å². The van der Waals surface area contributed by atoms with Crippen LogP contribution in [0.1, 0.15) is 40.5 Å². The molecule has 0 saturated heterocycles. The van der Waals surface area contributed by atoms with Crippen molar-refractivity contribution >= 4 is 61.4 Å². The molecule has 5 atom stereocenters. The van der Waals surface area contributed by atoms with E-state index in [1.54, 1.807) is 6.92 Å². The molecule has 0 bridgehead atoms. The van der Waals surface area contributed by atoms with Crippen LogP contribution in [0.4, 0.5) is 0 Å². The van der Waals surface area contributed by atoms with E-state index in [2.05, 4.69) is 203 Å². The van der Waals surface area contributed by atoms with Crippen molar-refractivity contribution in [2.45, 2.75) is 51.9 Å². The standard InChI is InChI=1S/C28H28P2.C21H25OP/c1-23(29(25-15-7-3-8-16-25)26-17-9-4-10-18-26)24(2)30(27-19-11-5-12-20-27)28-21-13-6-14-22-28;1-16-13-18(21(14-16)17(2)22)15-23(19-9-5-3-6-10-19)20-11-7-4-8-12-20/h3-24H,1-2H3;3-12,16,18,21H,13-15H2,1-2H3/t23-,24-;16-,18-,21?/m10/s1. The molecule has 4 heteroatoms. The van der Waals surface area contributed by atoms with E-state index in [1.807, 2.05) is 0 Å². The molecule has 0 aliphatic heterocycles. The monoisotopic (exact) mass is 750 g/mol. The van der Waals surface area contributed by atoms with Crippen molar-refractivity contribution in [2.24, 2.45) is 17.8 Å². The fourth-order valence-corrected chi connectivity index (χ4v) is 16.7. The zero-order valence-corrected chi connectivity index (χ0v) is 34.3. The highest BCUT2D eigenvalue weighted by Crippen LogP contribution is 2.51. The lowest BCUT2D eigenvalue weighted by atomic mass is 9.94. The van der Waals surface area contributed by atoms with Crippen LogP contribution >= 0.6 is 23.8 Å². The summed E-state index contributed by atoms with van der Waals surface area (Å²) in [6.07, 6.45) is 3.41. The van der Waals surface area contributed by atoms with Crippen LogP contribution < -0.4 is 31.8 Å². The zero-order chi connectivity index (χ0) is 37.0. The van der Waals surface area contributed by atoms with Crippen molar-refractivity contribution in [1.82, 2.24) is 0 Å². The maximum absolute atomic E-state index is 12.1. The van der Waals surface area contributed by atoms with Gasteiger partial charge in [0, 0.05) is 5.92 Å². The highest BCUT2D eigenvalue weighted by Gasteiger charge is 2.37. The summed E-state index contributed by atoms with van der Waals surface area (Å²) in [7, 11) is -1.28. The van der Waals surface area contributed by atoms with Crippen LogP contribution in [0.5, 0.6) is 0 Å². The molecule has 0 amide bonds. The van der Waals surface area contributed by atoms with Crippen molar-refractivity contribution in [3.63, 3.8) is 0 Å². The van der Waals surface area contributed by atoms with Crippen LogP contribution in [0.25, 0.3) is 0 Å². The van der Waals surface area contributed by atoms with Crippen LogP contribution in [0.3, 0.4) is 0 Å². The smallest absolute Gasteiger partial charge is 0.133 e. The number of rotatable bonds is 12. The molecule has 6 aromatic rings. The lowest BCUT2D eigenvalue weighted by Crippen LogP contribution is -2.31. The van der Waals surface area contributed by atoms with Crippen LogP contribution in [0, 0.1) is 17.8 Å². The van der Waals surface area contributed by atoms with Crippen LogP contribution in [-0.2, 0) is 4.79 Å². The minimum Gasteiger partial charge on any atom is -0.300 e. The highest BCUT2D eigenvalue weighted by atomic mass is 31.1. The van der Waals surface area contributed by atoms with Crippen molar-refractivity contribution in [1.29, 1.82) is 0 Å². The Bertz CT molecular complexity index is 1730. The van der Waals surface area contributed by atoms with Crippen LogP contribution in [0.2, 0.25) is 0 Å². The lowest BCUT2D eigenvalue weighted by molar-refractivity contribution is -0.121. The molecule has 53 heavy (non-hydrogen) atoms. The third-order valence-corrected chi connectivity index (χ3v) is 19.5. The molecule has 0 radical (unpaired) electrons. The Hall–Kier alpha value is -3.72. The molecule has 0 spiro atoms. The number of hydrogen-bond acceptors (Lipinski definition) is 1. The summed E-state index contributed by atoms with van der Waals surface area (Å²) in [4.78, 5) is 12.1. The molecule has 6 aromatic carbocycles. The highest BCUT2D eigenvalue weighted by molar-refractivity contribution is 7.77. The molecule has 1 nitrogen and oxygen atoms in total. The van der Waals surface area contributed by atoms with Gasteiger partial charge in [0.2, 0.25) is 0 Å². The van der Waals surface area contributed by atoms with Gasteiger partial charge < -0.3 is 0 Å². The van der Waals surface area contributed by atoms with Crippen molar-refractivity contribution in [3.8, 4) is 0 Å². The number of Topliss-reactive ketones (excluding diaryl/α,β-unsaturated/α-hetero) is 1. The van der Waals surface area contributed by atoms with E-state index in [1.165, 1.54) is 38.2 Å². The second-order valence-corrected chi connectivity index (χ2v) is 21.8. The summed E-state index contributed by atoms with van der Waals surface area (Å²) in [5, 5.41) is 8.72. The average molecular weight is 751 g/mol. The summed E-state index contributed by atoms with van der Waals surface area (Å²) >= 11 is 0. The van der Waals surface area contributed by atoms with E-state index in [-0.39, 0.29) is 13.8 Å². The van der Waals surface area contributed by atoms with Gasteiger partial charge in [0.15, 0.2) is 0 Å². The lowest BCUT2D eigenvalue weighted by Gasteiger charge is -2.35. The van der Waals surface area contributed by atoms with Gasteiger partial charge in [-0.05, 0) is 105 Å². The summed E-state index contributed by atoms with van der Waals surface area (Å²) in [5.41, 5.74) is 1.10. The molecular weight excluding hydrogens is 697 g/mol. The Balaban J connectivity index is 0.000000188. The molecule has 1 saturated carbocycles. The molecule has 0 N–H and O–H groups in total. The van der Waals surface area contributed by atoms with Gasteiger partial charge in [0.1, 0.15) is 5.78 Å². The zero-order valence-electron chi connectivity index (χ0n) is 31.6. The second kappa shape index (κ2) is 19.6. The molecule has 0 heterocycles. The van der Waals surface area contributed by atoms with Gasteiger partial charge >= 0.3 is 0 Å². The molecule has 270 valence electrons. The van der Waals surface area contributed by atoms with Crippen molar-refractivity contribution in [2.75, 3.05) is 6.16 Å². The number of carbonyl (C=O) groups is 1. The first-order chi connectivity index (χ1) is 25.9. The first-order valence-corrected chi connectivity index (χ1v) is 23.4. The van der Waals surface area contributed by atoms with Crippen molar-refractivity contribution < 1.29 is 4.79 Å². The fraction of sp³-hybridized carbons (Fsp3) is 0.245. The van der Waals surface area contributed by atoms with E-state index < -0.39 is 15.8 Å². The quantitative estimate of drug-likeness (QED) is 0.114. The second-order valence-electron chi connectivity index (χ2n) is 14.4. The average Bonchev–Trinajstić information content (AvgIpc) is 3.60. The van der Waals surface area contributed by atoms with Crippen LogP contribution in [-0.4, -0.2) is 23.3 Å². The van der Waals surface area contributed by atoms with E-state index in [0.717, 1.165) is 12.6 Å². The van der Waals surface area contributed by atoms with Gasteiger partial charge in [-0.1, -0.05) is 203 Å². The Morgan fingerprint density at radius 2 is 0.774 bits per heavy atom. The van der Waals surface area contributed by atoms with E-state index in [9.17, 15) is 4.79 Å².